The molecule has 10 nitrogen and oxygen atoms in total. The van der Waals surface area contributed by atoms with Crippen LogP contribution in [0, 0.1) is 0 Å². The van der Waals surface area contributed by atoms with Gasteiger partial charge in [0, 0.05) is 51.0 Å². The van der Waals surface area contributed by atoms with Crippen LogP contribution in [0.4, 0.5) is 15.3 Å². The molecule has 0 radical (unpaired) electrons. The van der Waals surface area contributed by atoms with Gasteiger partial charge in [-0.25, -0.2) is 14.6 Å². The third-order valence-corrected chi connectivity index (χ3v) is 6.37. The summed E-state index contributed by atoms with van der Waals surface area (Å²) in [4.78, 5) is 32.1. The van der Waals surface area contributed by atoms with Gasteiger partial charge in [0.1, 0.15) is 6.61 Å². The Morgan fingerprint density at radius 1 is 1.05 bits per heavy atom. The fourth-order valence-corrected chi connectivity index (χ4v) is 4.40. The largest absolute Gasteiger partial charge is 0.478 e. The summed E-state index contributed by atoms with van der Waals surface area (Å²) in [5, 5.41) is 2.54. The van der Waals surface area contributed by atoms with Gasteiger partial charge in [0.25, 0.3) is 0 Å². The van der Waals surface area contributed by atoms with Gasteiger partial charge < -0.3 is 23.8 Å². The van der Waals surface area contributed by atoms with E-state index >= 15 is 0 Å². The van der Waals surface area contributed by atoms with E-state index in [0.29, 0.717) is 31.3 Å². The smallest absolute Gasteiger partial charge is 0.411 e. The Hall–Kier alpha value is -3.37. The fourth-order valence-electron chi connectivity index (χ4n) is 4.40. The van der Waals surface area contributed by atoms with E-state index in [-0.39, 0.29) is 24.8 Å². The molecule has 0 spiro atoms. The average Bonchev–Trinajstić information content (AvgIpc) is 3.53. The van der Waals surface area contributed by atoms with E-state index in [4.69, 9.17) is 14.2 Å². The van der Waals surface area contributed by atoms with Crippen LogP contribution in [0.15, 0.2) is 48.7 Å². The zero-order valence-electron chi connectivity index (χ0n) is 22.6. The van der Waals surface area contributed by atoms with Crippen molar-refractivity contribution in [3.05, 3.63) is 54.2 Å². The molecular weight excluding hydrogens is 488 g/mol. The van der Waals surface area contributed by atoms with Crippen LogP contribution in [0.1, 0.15) is 38.7 Å². The second-order valence-corrected chi connectivity index (χ2v) is 9.40. The van der Waals surface area contributed by atoms with Crippen LogP contribution >= 0.6 is 0 Å². The second-order valence-electron chi connectivity index (χ2n) is 9.40. The molecule has 0 saturated carbocycles. The normalized spacial score (nSPS) is 19.2. The number of nitrogens with one attached hydrogen (secondary N) is 1. The predicted octanol–water partition coefficient (Wildman–Crippen LogP) is 4.56. The number of methoxy groups -OCH3 is 1. The fraction of sp³-hybridized carbons (Fsp3) is 0.536. The van der Waals surface area contributed by atoms with Gasteiger partial charge in [0.05, 0.1) is 25.6 Å². The number of nitrogens with zero attached hydrogens (tertiary/aromatic N) is 3. The number of carbonyl (C=O) groups is 2. The molecule has 1 aromatic heterocycles. The minimum absolute atomic E-state index is 0.222. The summed E-state index contributed by atoms with van der Waals surface area (Å²) in [6.07, 6.45) is 4.10. The number of ether oxygens (including phenoxy) is 4. The maximum Gasteiger partial charge on any atom is 0.411 e. The van der Waals surface area contributed by atoms with E-state index in [1.54, 1.807) is 17.0 Å². The highest BCUT2D eigenvalue weighted by atomic mass is 16.6. The van der Waals surface area contributed by atoms with Crippen LogP contribution in [0.3, 0.4) is 0 Å². The molecular formula is C28H40N4O6. The van der Waals surface area contributed by atoms with E-state index in [1.165, 1.54) is 26.1 Å². The molecule has 2 aliphatic heterocycles. The topological polar surface area (TPSA) is 102 Å². The molecule has 10 heteroatoms. The van der Waals surface area contributed by atoms with Gasteiger partial charge in [0.15, 0.2) is 0 Å². The van der Waals surface area contributed by atoms with E-state index < -0.39 is 6.09 Å². The van der Waals surface area contributed by atoms with Crippen molar-refractivity contribution in [1.82, 2.24) is 14.8 Å². The van der Waals surface area contributed by atoms with Crippen LogP contribution in [0.2, 0.25) is 0 Å². The SMILES string of the molecule is C1CCOC1.COC(=O)Nc1ccc(OCCCN2[C@H](C)CN(C(=O)OCc3ccccc3)C[C@@H]2C)nc1. The third kappa shape index (κ3) is 9.83. The first kappa shape index (κ1) is 29.2. The van der Waals surface area contributed by atoms with Crippen LogP contribution in [0.5, 0.6) is 5.88 Å². The molecule has 2 aromatic rings. The number of rotatable bonds is 8. The molecule has 2 fully saturated rings. The number of hydrogen-bond donors (Lipinski definition) is 1. The molecule has 4 rings (SSSR count). The first-order valence-electron chi connectivity index (χ1n) is 13.2. The van der Waals surface area contributed by atoms with Crippen molar-refractivity contribution >= 4 is 17.9 Å². The summed E-state index contributed by atoms with van der Waals surface area (Å²) in [7, 11) is 1.31. The average molecular weight is 529 g/mol. The lowest BCUT2D eigenvalue weighted by atomic mass is 10.1. The number of benzene rings is 1. The van der Waals surface area contributed by atoms with Crippen molar-refractivity contribution in [2.45, 2.75) is 51.8 Å². The van der Waals surface area contributed by atoms with E-state index in [1.807, 2.05) is 30.3 Å². The Bertz CT molecular complexity index is 951. The highest BCUT2D eigenvalue weighted by molar-refractivity contribution is 5.84. The molecule has 38 heavy (non-hydrogen) atoms. The first-order valence-corrected chi connectivity index (χ1v) is 13.2. The lowest BCUT2D eigenvalue weighted by molar-refractivity contribution is 0.0229. The molecule has 2 atom stereocenters. The molecule has 2 saturated heterocycles. The molecule has 1 aromatic carbocycles. The number of piperazine rings is 1. The molecule has 2 aliphatic rings. The number of carbonyl (C=O) groups excluding carboxylic acids is 2. The van der Waals surface area contributed by atoms with Gasteiger partial charge in [0.2, 0.25) is 5.88 Å². The van der Waals surface area contributed by atoms with Gasteiger partial charge in [-0.3, -0.25) is 10.2 Å². The zero-order valence-corrected chi connectivity index (χ0v) is 22.6. The van der Waals surface area contributed by atoms with Crippen LogP contribution in [-0.2, 0) is 20.8 Å². The van der Waals surface area contributed by atoms with Crippen molar-refractivity contribution in [3.8, 4) is 5.88 Å². The summed E-state index contributed by atoms with van der Waals surface area (Å²) < 4.78 is 20.7. The van der Waals surface area contributed by atoms with Gasteiger partial charge in [-0.2, -0.15) is 0 Å². The molecule has 3 heterocycles. The van der Waals surface area contributed by atoms with Crippen molar-refractivity contribution in [1.29, 1.82) is 0 Å². The molecule has 0 unspecified atom stereocenters. The number of hydrogen-bond acceptors (Lipinski definition) is 8. The standard InChI is InChI=1S/C24H32N4O5.C4H8O/c1-18-15-27(24(30)33-17-20-8-5-4-6-9-20)16-19(2)28(18)12-7-13-32-22-11-10-21(14-25-22)26-23(29)31-3;1-2-4-5-3-1/h4-6,8-11,14,18-19H,7,12-13,15-17H2,1-3H3,(H,26,29);1-4H2/t18-,19+;. The molecule has 0 bridgehead atoms. The number of pyridine rings is 1. The second kappa shape index (κ2) is 15.8. The molecule has 1 N–H and O–H groups in total. The lowest BCUT2D eigenvalue weighted by Gasteiger charge is -2.44. The maximum absolute atomic E-state index is 12.5. The van der Waals surface area contributed by atoms with Gasteiger partial charge in [-0.05, 0) is 44.7 Å². The Kier molecular flexibility index (Phi) is 12.1. The number of amides is 2. The molecule has 2 amide bonds. The number of anilines is 1. The highest BCUT2D eigenvalue weighted by Crippen LogP contribution is 2.18. The zero-order chi connectivity index (χ0) is 27.2. The number of aromatic nitrogens is 1. The first-order chi connectivity index (χ1) is 18.5. The quantitative estimate of drug-likeness (QED) is 0.498. The molecule has 208 valence electrons. The maximum atomic E-state index is 12.5. The summed E-state index contributed by atoms with van der Waals surface area (Å²) in [6.45, 7) is 9.19. The Balaban J connectivity index is 0.000000715. The van der Waals surface area contributed by atoms with Crippen LogP contribution in [-0.4, -0.2) is 85.6 Å². The minimum Gasteiger partial charge on any atom is -0.478 e. The molecule has 0 aliphatic carbocycles. The van der Waals surface area contributed by atoms with Crippen LogP contribution < -0.4 is 10.1 Å². The van der Waals surface area contributed by atoms with Crippen molar-refractivity contribution in [3.63, 3.8) is 0 Å². The van der Waals surface area contributed by atoms with Gasteiger partial charge >= 0.3 is 12.2 Å². The Morgan fingerprint density at radius 3 is 2.34 bits per heavy atom. The van der Waals surface area contributed by atoms with Crippen molar-refractivity contribution in [2.75, 3.05) is 51.9 Å². The third-order valence-electron chi connectivity index (χ3n) is 6.37. The monoisotopic (exact) mass is 528 g/mol. The Labute approximate surface area is 225 Å². The summed E-state index contributed by atoms with van der Waals surface area (Å²) in [5.74, 6) is 0.498. The van der Waals surface area contributed by atoms with Crippen molar-refractivity contribution < 1.29 is 28.5 Å². The summed E-state index contributed by atoms with van der Waals surface area (Å²) in [5.41, 5.74) is 1.52. The van der Waals surface area contributed by atoms with E-state index in [9.17, 15) is 9.59 Å². The van der Waals surface area contributed by atoms with E-state index in [0.717, 1.165) is 31.7 Å². The predicted molar refractivity (Wildman–Crippen MR) is 144 cm³/mol. The Morgan fingerprint density at radius 2 is 1.76 bits per heavy atom. The summed E-state index contributed by atoms with van der Waals surface area (Å²) >= 11 is 0. The highest BCUT2D eigenvalue weighted by Gasteiger charge is 2.32. The minimum atomic E-state index is -0.543. The van der Waals surface area contributed by atoms with Gasteiger partial charge in [-0.1, -0.05) is 30.3 Å². The summed E-state index contributed by atoms with van der Waals surface area (Å²) in [6, 6.07) is 13.6. The van der Waals surface area contributed by atoms with Crippen LogP contribution in [0.25, 0.3) is 0 Å². The lowest BCUT2D eigenvalue weighted by Crippen LogP contribution is -2.58. The van der Waals surface area contributed by atoms with Crippen molar-refractivity contribution in [2.24, 2.45) is 0 Å². The van der Waals surface area contributed by atoms with E-state index in [2.05, 4.69) is 33.8 Å². The van der Waals surface area contributed by atoms with Gasteiger partial charge in [-0.15, -0.1) is 0 Å².